The molecule has 1 heterocycles. The van der Waals surface area contributed by atoms with E-state index >= 15 is 0 Å². The van der Waals surface area contributed by atoms with E-state index in [0.29, 0.717) is 0 Å². The Hall–Kier alpha value is -0.750. The zero-order valence-electron chi connectivity index (χ0n) is 7.90. The molecule has 1 aliphatic carbocycles. The molecule has 5 nitrogen and oxygen atoms in total. The van der Waals surface area contributed by atoms with Gasteiger partial charge in [-0.3, -0.25) is 5.43 Å². The lowest BCUT2D eigenvalue weighted by Gasteiger charge is -2.04. The van der Waals surface area contributed by atoms with Crippen LogP contribution in [0.5, 0.6) is 0 Å². The summed E-state index contributed by atoms with van der Waals surface area (Å²) in [5.74, 6) is 6.66. The number of nitrogen functional groups attached to an aromatic ring is 1. The second-order valence-electron chi connectivity index (χ2n) is 3.38. The number of nitrogens with one attached hydrogen (secondary N) is 1. The molecular weight excluding hydrogens is 200 g/mol. The quantitative estimate of drug-likeness (QED) is 0.584. The summed E-state index contributed by atoms with van der Waals surface area (Å²) in [7, 11) is 0. The molecule has 3 N–H and O–H groups in total. The highest BCUT2D eigenvalue weighted by Crippen LogP contribution is 2.31. The van der Waals surface area contributed by atoms with Crippen LogP contribution in [0, 0.1) is 0 Å². The predicted molar refractivity (Wildman–Crippen MR) is 55.7 cm³/mol. The molecule has 0 aliphatic heterocycles. The van der Waals surface area contributed by atoms with Crippen molar-refractivity contribution in [3.63, 3.8) is 0 Å². The summed E-state index contributed by atoms with van der Waals surface area (Å²) >= 11 is 1.91. The van der Waals surface area contributed by atoms with Gasteiger partial charge in [0.25, 0.3) is 0 Å². The van der Waals surface area contributed by atoms with Crippen molar-refractivity contribution in [2.75, 3.05) is 5.43 Å². The highest BCUT2D eigenvalue weighted by molar-refractivity contribution is 7.99. The van der Waals surface area contributed by atoms with Crippen LogP contribution in [0.2, 0.25) is 0 Å². The third-order valence-electron chi connectivity index (χ3n) is 2.34. The van der Waals surface area contributed by atoms with E-state index in [4.69, 9.17) is 10.4 Å². The van der Waals surface area contributed by atoms with E-state index in [0.717, 1.165) is 16.8 Å². The minimum Gasteiger partial charge on any atom is -0.314 e. The Morgan fingerprint density at radius 3 is 2.93 bits per heavy atom. The first-order valence-corrected chi connectivity index (χ1v) is 5.84. The van der Waals surface area contributed by atoms with Gasteiger partial charge in [-0.2, -0.15) is 16.7 Å². The fourth-order valence-corrected chi connectivity index (χ4v) is 2.79. The Morgan fingerprint density at radius 2 is 2.29 bits per heavy atom. The molecule has 0 saturated heterocycles. The van der Waals surface area contributed by atoms with E-state index in [1.165, 1.54) is 25.7 Å². The summed E-state index contributed by atoms with van der Waals surface area (Å²) in [6.45, 7) is 0. The highest BCUT2D eigenvalue weighted by atomic mass is 32.2. The van der Waals surface area contributed by atoms with Gasteiger partial charge in [-0.1, -0.05) is 18.0 Å². The second kappa shape index (κ2) is 4.65. The summed E-state index contributed by atoms with van der Waals surface area (Å²) in [6.07, 6.45) is 5.37. The maximum Gasteiger partial charge on any atom is 0.335 e. The topological polar surface area (TPSA) is 77.0 Å². The summed E-state index contributed by atoms with van der Waals surface area (Å²) in [4.78, 5) is 4.05. The Bertz CT molecular complexity index is 285. The minimum absolute atomic E-state index is 0.284. The summed E-state index contributed by atoms with van der Waals surface area (Å²) < 4.78 is 4.82. The van der Waals surface area contributed by atoms with Crippen LogP contribution in [-0.4, -0.2) is 15.4 Å². The van der Waals surface area contributed by atoms with Crippen molar-refractivity contribution in [1.29, 1.82) is 0 Å². The molecule has 1 fully saturated rings. The molecule has 1 aliphatic rings. The third-order valence-corrected chi connectivity index (χ3v) is 3.71. The zero-order valence-corrected chi connectivity index (χ0v) is 8.72. The van der Waals surface area contributed by atoms with Crippen LogP contribution < -0.4 is 11.3 Å². The summed E-state index contributed by atoms with van der Waals surface area (Å²) in [6, 6.07) is 0.284. The number of nitrogens with zero attached hydrogens (tertiary/aromatic N) is 2. The van der Waals surface area contributed by atoms with Gasteiger partial charge in [-0.05, 0) is 12.8 Å². The van der Waals surface area contributed by atoms with Crippen LogP contribution in [0.25, 0.3) is 0 Å². The number of nitrogens with two attached hydrogens (primary N) is 1. The first-order chi connectivity index (χ1) is 6.88. The Kier molecular flexibility index (Phi) is 3.26. The smallest absolute Gasteiger partial charge is 0.314 e. The molecule has 6 heteroatoms. The molecule has 0 amide bonds. The fraction of sp³-hybridized carbons (Fsp3) is 0.750. The van der Waals surface area contributed by atoms with Crippen molar-refractivity contribution < 1.29 is 4.52 Å². The van der Waals surface area contributed by atoms with E-state index in [2.05, 4.69) is 15.6 Å². The lowest BCUT2D eigenvalue weighted by Crippen LogP contribution is -2.06. The molecule has 0 bridgehead atoms. The average molecular weight is 214 g/mol. The molecule has 0 aromatic carbocycles. The maximum absolute atomic E-state index is 5.13. The fourth-order valence-electron chi connectivity index (χ4n) is 1.62. The summed E-state index contributed by atoms with van der Waals surface area (Å²) in [5, 5.41) is 4.58. The third kappa shape index (κ3) is 2.39. The lowest BCUT2D eigenvalue weighted by molar-refractivity contribution is 0.425. The zero-order chi connectivity index (χ0) is 9.80. The monoisotopic (exact) mass is 214 g/mol. The standard InChI is InChI=1S/C8H14N4OS/c9-11-8-10-7(12-13-8)5-14-6-3-1-2-4-6/h6H,1-5,9H2,(H,10,11,12). The van der Waals surface area contributed by atoms with Crippen molar-refractivity contribution in [3.8, 4) is 0 Å². The number of anilines is 1. The molecule has 0 spiro atoms. The van der Waals surface area contributed by atoms with Crippen LogP contribution in [0.4, 0.5) is 6.01 Å². The number of hydrogen-bond donors (Lipinski definition) is 2. The number of thioether (sulfide) groups is 1. The first kappa shape index (κ1) is 9.79. The van der Waals surface area contributed by atoms with Crippen LogP contribution in [0.15, 0.2) is 4.52 Å². The van der Waals surface area contributed by atoms with Crippen molar-refractivity contribution in [3.05, 3.63) is 5.82 Å². The number of aromatic nitrogens is 2. The van der Waals surface area contributed by atoms with Gasteiger partial charge >= 0.3 is 6.01 Å². The van der Waals surface area contributed by atoms with Crippen molar-refractivity contribution in [2.45, 2.75) is 36.7 Å². The first-order valence-electron chi connectivity index (χ1n) is 4.79. The molecule has 14 heavy (non-hydrogen) atoms. The van der Waals surface area contributed by atoms with Gasteiger partial charge in [0.1, 0.15) is 0 Å². The van der Waals surface area contributed by atoms with Crippen LogP contribution >= 0.6 is 11.8 Å². The summed E-state index contributed by atoms with van der Waals surface area (Å²) in [5.41, 5.74) is 2.33. The van der Waals surface area contributed by atoms with Gasteiger partial charge in [-0.25, -0.2) is 5.84 Å². The molecule has 0 radical (unpaired) electrons. The van der Waals surface area contributed by atoms with Gasteiger partial charge in [0.2, 0.25) is 0 Å². The number of hydrazine groups is 1. The molecule has 2 rings (SSSR count). The van der Waals surface area contributed by atoms with E-state index in [1.54, 1.807) is 0 Å². The molecule has 0 unspecified atom stereocenters. The molecule has 1 aromatic rings. The SMILES string of the molecule is NNc1nc(CSC2CCCC2)no1. The second-order valence-corrected chi connectivity index (χ2v) is 4.67. The Morgan fingerprint density at radius 1 is 1.50 bits per heavy atom. The minimum atomic E-state index is 0.284. The van der Waals surface area contributed by atoms with Crippen LogP contribution in [0.3, 0.4) is 0 Å². The Balaban J connectivity index is 1.79. The predicted octanol–water partition coefficient (Wildman–Crippen LogP) is 1.53. The molecule has 78 valence electrons. The average Bonchev–Trinajstić information content (AvgIpc) is 2.86. The van der Waals surface area contributed by atoms with E-state index in [1.807, 2.05) is 11.8 Å². The maximum atomic E-state index is 5.13. The normalized spacial score (nSPS) is 17.5. The van der Waals surface area contributed by atoms with E-state index < -0.39 is 0 Å². The van der Waals surface area contributed by atoms with Crippen molar-refractivity contribution >= 4 is 17.8 Å². The molecular formula is C8H14N4OS. The highest BCUT2D eigenvalue weighted by Gasteiger charge is 2.16. The molecule has 0 atom stereocenters. The number of rotatable bonds is 4. The van der Waals surface area contributed by atoms with Crippen molar-refractivity contribution in [2.24, 2.45) is 5.84 Å². The van der Waals surface area contributed by atoms with E-state index in [9.17, 15) is 0 Å². The van der Waals surface area contributed by atoms with Gasteiger partial charge in [0.15, 0.2) is 5.82 Å². The Labute approximate surface area is 86.8 Å². The van der Waals surface area contributed by atoms with E-state index in [-0.39, 0.29) is 6.01 Å². The lowest BCUT2D eigenvalue weighted by atomic mass is 10.4. The van der Waals surface area contributed by atoms with Gasteiger partial charge in [0.05, 0.1) is 5.75 Å². The van der Waals surface area contributed by atoms with Crippen LogP contribution in [-0.2, 0) is 5.75 Å². The largest absolute Gasteiger partial charge is 0.335 e. The number of hydrogen-bond acceptors (Lipinski definition) is 6. The van der Waals surface area contributed by atoms with Crippen molar-refractivity contribution in [1.82, 2.24) is 10.1 Å². The molecule has 1 saturated carbocycles. The van der Waals surface area contributed by atoms with Gasteiger partial charge in [-0.15, -0.1) is 0 Å². The van der Waals surface area contributed by atoms with Gasteiger partial charge in [0, 0.05) is 5.25 Å². The van der Waals surface area contributed by atoms with Crippen LogP contribution in [0.1, 0.15) is 31.5 Å². The van der Waals surface area contributed by atoms with Gasteiger partial charge < -0.3 is 4.52 Å². The molecule has 1 aromatic heterocycles.